The van der Waals surface area contributed by atoms with Crippen LogP contribution in [0.3, 0.4) is 0 Å². The molecule has 2 heterocycles. The van der Waals surface area contributed by atoms with E-state index in [4.69, 9.17) is 0 Å². The van der Waals surface area contributed by atoms with Crippen molar-refractivity contribution >= 4 is 17.3 Å². The van der Waals surface area contributed by atoms with Gasteiger partial charge in [-0.1, -0.05) is 38.1 Å². The summed E-state index contributed by atoms with van der Waals surface area (Å²) in [6, 6.07) is 8.77. The molecule has 0 saturated carbocycles. The first kappa shape index (κ1) is 21.8. The van der Waals surface area contributed by atoms with Gasteiger partial charge < -0.3 is 10.6 Å². The molecule has 2 N–H and O–H groups in total. The molecule has 29 heavy (non-hydrogen) atoms. The Balaban J connectivity index is 1.48. The maximum absolute atomic E-state index is 4.49. The van der Waals surface area contributed by atoms with Crippen LogP contribution in [0.1, 0.15) is 47.7 Å². The Morgan fingerprint density at radius 2 is 2.10 bits per heavy atom. The number of aliphatic imine (C=N–C) groups is 1. The molecule has 0 amide bonds. The number of rotatable bonds is 8. The van der Waals surface area contributed by atoms with Gasteiger partial charge >= 0.3 is 0 Å². The molecule has 158 valence electrons. The molecule has 1 unspecified atom stereocenters. The number of hydrogen-bond acceptors (Lipinski definition) is 4. The summed E-state index contributed by atoms with van der Waals surface area (Å²) in [6.45, 7) is 9.63. The highest BCUT2D eigenvalue weighted by Gasteiger charge is 2.17. The SMILES string of the molecule is CCc1cnc(CCNC(=NC)NCc2ccccc2CN2CCCC(C)C2)s1. The van der Waals surface area contributed by atoms with Gasteiger partial charge in [0.05, 0.1) is 5.01 Å². The minimum atomic E-state index is 0.788. The first-order valence-electron chi connectivity index (χ1n) is 10.8. The van der Waals surface area contributed by atoms with Gasteiger partial charge in [0.25, 0.3) is 0 Å². The standard InChI is InChI=1S/C23H35N5S/c1-4-21-15-26-22(29-21)11-12-25-23(24-3)27-14-19-9-5-6-10-20(19)17-28-13-7-8-18(2)16-28/h5-6,9-10,15,18H,4,7-8,11-14,16-17H2,1-3H3,(H2,24,25,27). The molecule has 0 spiro atoms. The Kier molecular flexibility index (Phi) is 8.50. The molecule has 1 atom stereocenters. The molecule has 3 rings (SSSR count). The number of piperidine rings is 1. The van der Waals surface area contributed by atoms with Crippen LogP contribution in [0.25, 0.3) is 0 Å². The number of nitrogens with zero attached hydrogens (tertiary/aromatic N) is 3. The summed E-state index contributed by atoms with van der Waals surface area (Å²) in [5.41, 5.74) is 2.76. The number of thiazole rings is 1. The molecule has 0 aliphatic carbocycles. The highest BCUT2D eigenvalue weighted by molar-refractivity contribution is 7.11. The summed E-state index contributed by atoms with van der Waals surface area (Å²) in [4.78, 5) is 12.8. The van der Waals surface area contributed by atoms with E-state index in [1.807, 2.05) is 13.2 Å². The first-order chi connectivity index (χ1) is 14.2. The predicted molar refractivity (Wildman–Crippen MR) is 124 cm³/mol. The Hall–Kier alpha value is -1.92. The Morgan fingerprint density at radius 3 is 2.83 bits per heavy atom. The molecular weight excluding hydrogens is 378 g/mol. The van der Waals surface area contributed by atoms with Gasteiger partial charge in [0.2, 0.25) is 0 Å². The number of aromatic nitrogens is 1. The maximum atomic E-state index is 4.49. The molecule has 0 bridgehead atoms. The lowest BCUT2D eigenvalue weighted by Crippen LogP contribution is -2.38. The normalized spacial score (nSPS) is 18.0. The third-order valence-corrected chi connectivity index (χ3v) is 6.71. The minimum absolute atomic E-state index is 0.788. The Labute approximate surface area is 179 Å². The lowest BCUT2D eigenvalue weighted by Gasteiger charge is -2.31. The lowest BCUT2D eigenvalue weighted by molar-refractivity contribution is 0.176. The van der Waals surface area contributed by atoms with Crippen molar-refractivity contribution in [1.82, 2.24) is 20.5 Å². The molecule has 1 aromatic carbocycles. The summed E-state index contributed by atoms with van der Waals surface area (Å²) >= 11 is 1.80. The highest BCUT2D eigenvalue weighted by atomic mass is 32.1. The second-order valence-corrected chi connectivity index (χ2v) is 9.13. The monoisotopic (exact) mass is 413 g/mol. The molecule has 1 saturated heterocycles. The fraction of sp³-hybridized carbons (Fsp3) is 0.565. The van der Waals surface area contributed by atoms with Crippen molar-refractivity contribution in [3.8, 4) is 0 Å². The topological polar surface area (TPSA) is 52.6 Å². The molecule has 2 aromatic rings. The van der Waals surface area contributed by atoms with Crippen LogP contribution in [0, 0.1) is 5.92 Å². The van der Waals surface area contributed by atoms with E-state index in [2.05, 4.69) is 63.6 Å². The van der Waals surface area contributed by atoms with E-state index >= 15 is 0 Å². The van der Waals surface area contributed by atoms with Crippen LogP contribution in [-0.4, -0.2) is 42.5 Å². The van der Waals surface area contributed by atoms with Crippen LogP contribution in [0.5, 0.6) is 0 Å². The maximum Gasteiger partial charge on any atom is 0.191 e. The van der Waals surface area contributed by atoms with Crippen LogP contribution in [0.15, 0.2) is 35.5 Å². The quantitative estimate of drug-likeness (QED) is 0.510. The molecule has 1 aliphatic rings. The van der Waals surface area contributed by atoms with Crippen molar-refractivity contribution in [2.45, 2.75) is 52.6 Å². The van der Waals surface area contributed by atoms with E-state index in [0.29, 0.717) is 0 Å². The summed E-state index contributed by atoms with van der Waals surface area (Å²) < 4.78 is 0. The first-order valence-corrected chi connectivity index (χ1v) is 11.7. The summed E-state index contributed by atoms with van der Waals surface area (Å²) in [7, 11) is 1.83. The average molecular weight is 414 g/mol. The zero-order valence-corrected chi connectivity index (χ0v) is 18.9. The van der Waals surface area contributed by atoms with Crippen LogP contribution in [0.2, 0.25) is 0 Å². The molecule has 1 fully saturated rings. The van der Waals surface area contributed by atoms with E-state index in [1.54, 1.807) is 11.3 Å². The number of likely N-dealkylation sites (tertiary alicyclic amines) is 1. The van der Waals surface area contributed by atoms with Gasteiger partial charge in [0.15, 0.2) is 5.96 Å². The second-order valence-electron chi connectivity index (χ2n) is 7.93. The van der Waals surface area contributed by atoms with Crippen LogP contribution >= 0.6 is 11.3 Å². The van der Waals surface area contributed by atoms with Gasteiger partial charge in [-0.05, 0) is 42.9 Å². The fourth-order valence-electron chi connectivity index (χ4n) is 3.87. The second kappa shape index (κ2) is 11.3. The molecule has 5 nitrogen and oxygen atoms in total. The van der Waals surface area contributed by atoms with Gasteiger partial charge in [0.1, 0.15) is 0 Å². The fourth-order valence-corrected chi connectivity index (χ4v) is 4.73. The average Bonchev–Trinajstić information content (AvgIpc) is 3.19. The number of guanidine groups is 1. The third kappa shape index (κ3) is 6.82. The largest absolute Gasteiger partial charge is 0.356 e. The summed E-state index contributed by atoms with van der Waals surface area (Å²) in [6.07, 6.45) is 6.66. The zero-order valence-electron chi connectivity index (χ0n) is 18.1. The van der Waals surface area contributed by atoms with Gasteiger partial charge in [-0.2, -0.15) is 0 Å². The Morgan fingerprint density at radius 1 is 1.28 bits per heavy atom. The molecule has 0 radical (unpaired) electrons. The molecular formula is C23H35N5S. The van der Waals surface area contributed by atoms with E-state index in [-0.39, 0.29) is 0 Å². The minimum Gasteiger partial charge on any atom is -0.356 e. The number of aryl methyl sites for hydroxylation is 1. The number of benzene rings is 1. The van der Waals surface area contributed by atoms with E-state index in [0.717, 1.165) is 44.4 Å². The summed E-state index contributed by atoms with van der Waals surface area (Å²) in [5, 5.41) is 8.08. The van der Waals surface area contributed by atoms with Crippen molar-refractivity contribution in [2.75, 3.05) is 26.7 Å². The number of nitrogens with one attached hydrogen (secondary N) is 2. The van der Waals surface area contributed by atoms with Crippen molar-refractivity contribution in [3.05, 3.63) is 51.5 Å². The van der Waals surface area contributed by atoms with Crippen molar-refractivity contribution in [1.29, 1.82) is 0 Å². The predicted octanol–water partition coefficient (Wildman–Crippen LogP) is 3.85. The number of hydrogen-bond donors (Lipinski definition) is 2. The van der Waals surface area contributed by atoms with Gasteiger partial charge in [0, 0.05) is 50.7 Å². The van der Waals surface area contributed by atoms with Crippen molar-refractivity contribution in [3.63, 3.8) is 0 Å². The smallest absolute Gasteiger partial charge is 0.191 e. The van der Waals surface area contributed by atoms with Crippen LogP contribution < -0.4 is 10.6 Å². The van der Waals surface area contributed by atoms with Crippen LogP contribution in [-0.2, 0) is 25.9 Å². The van der Waals surface area contributed by atoms with E-state index in [1.165, 1.54) is 46.9 Å². The van der Waals surface area contributed by atoms with Gasteiger partial charge in [-0.15, -0.1) is 11.3 Å². The van der Waals surface area contributed by atoms with Crippen molar-refractivity contribution < 1.29 is 0 Å². The molecule has 1 aromatic heterocycles. The van der Waals surface area contributed by atoms with Gasteiger partial charge in [-0.3, -0.25) is 9.89 Å². The molecule has 6 heteroatoms. The molecule has 1 aliphatic heterocycles. The Bertz CT molecular complexity index is 785. The highest BCUT2D eigenvalue weighted by Crippen LogP contribution is 2.19. The lowest BCUT2D eigenvalue weighted by atomic mass is 9.99. The van der Waals surface area contributed by atoms with Crippen molar-refractivity contribution in [2.24, 2.45) is 10.9 Å². The van der Waals surface area contributed by atoms with Crippen LogP contribution in [0.4, 0.5) is 0 Å². The van der Waals surface area contributed by atoms with E-state index in [9.17, 15) is 0 Å². The zero-order chi connectivity index (χ0) is 20.5. The van der Waals surface area contributed by atoms with E-state index < -0.39 is 0 Å². The summed E-state index contributed by atoms with van der Waals surface area (Å²) in [5.74, 6) is 1.65. The van der Waals surface area contributed by atoms with Gasteiger partial charge in [-0.25, -0.2) is 4.98 Å². The third-order valence-electron chi connectivity index (χ3n) is 5.50.